The Morgan fingerprint density at radius 1 is 0.975 bits per heavy atom. The zero-order chi connectivity index (χ0) is 27.8. The summed E-state index contributed by atoms with van der Waals surface area (Å²) in [6.45, 7) is 6.41. The normalized spacial score (nSPS) is 23.4. The topological polar surface area (TPSA) is 82.0 Å². The van der Waals surface area contributed by atoms with Gasteiger partial charge in [-0.1, -0.05) is 23.2 Å². The molecule has 210 valence electrons. The standard InChI is InChI=1S/C30H33Cl2N5O3/c1-35-8-10-37(11-9-35)27-3-2-23(17-33-27)40-28-13-19(12-26(34-28)20-14-21(31)16-22(32)15-20)18-36-6-4-24-25(5-7-36)29(24)30(38)39/h2-3,12-17,24-25,29H,4-11,18H2,1H3,(H,38,39)/t24-,25+,29-. The van der Waals surface area contributed by atoms with E-state index in [2.05, 4.69) is 32.8 Å². The van der Waals surface area contributed by atoms with E-state index >= 15 is 0 Å². The second-order valence-electron chi connectivity index (χ2n) is 11.1. The van der Waals surface area contributed by atoms with Crippen molar-refractivity contribution in [2.75, 3.05) is 51.2 Å². The van der Waals surface area contributed by atoms with Gasteiger partial charge in [-0.05, 0) is 86.8 Å². The molecule has 4 heterocycles. The van der Waals surface area contributed by atoms with Gasteiger partial charge in [0.1, 0.15) is 11.6 Å². The van der Waals surface area contributed by atoms with E-state index in [0.717, 1.165) is 81.3 Å². The SMILES string of the molecule is CN1CCN(c2ccc(Oc3cc(CN4CC[C@@H]5[C@H](CC4)[C@@H]5C(=O)O)cc(-c4cc(Cl)cc(Cl)c4)n3)cn2)CC1. The third-order valence-corrected chi connectivity index (χ3v) is 8.81. The Balaban J connectivity index is 1.21. The van der Waals surface area contributed by atoms with Gasteiger partial charge in [-0.3, -0.25) is 9.69 Å². The van der Waals surface area contributed by atoms with E-state index in [-0.39, 0.29) is 5.92 Å². The molecule has 1 aliphatic carbocycles. The summed E-state index contributed by atoms with van der Waals surface area (Å²) >= 11 is 12.6. The second-order valence-corrected chi connectivity index (χ2v) is 12.0. The number of carboxylic acid groups (broad SMARTS) is 1. The van der Waals surface area contributed by atoms with E-state index in [9.17, 15) is 9.90 Å². The molecule has 1 saturated carbocycles. The molecule has 2 aliphatic heterocycles. The molecule has 3 fully saturated rings. The van der Waals surface area contributed by atoms with E-state index < -0.39 is 5.97 Å². The summed E-state index contributed by atoms with van der Waals surface area (Å²) in [5.74, 6) is 1.86. The van der Waals surface area contributed by atoms with Gasteiger partial charge in [0.15, 0.2) is 0 Å². The van der Waals surface area contributed by atoms with Gasteiger partial charge in [0.05, 0.1) is 17.8 Å². The van der Waals surface area contributed by atoms with Crippen molar-refractivity contribution in [2.24, 2.45) is 17.8 Å². The van der Waals surface area contributed by atoms with Crippen molar-refractivity contribution in [2.45, 2.75) is 19.4 Å². The van der Waals surface area contributed by atoms with Crippen LogP contribution in [0.25, 0.3) is 11.3 Å². The van der Waals surface area contributed by atoms with Crippen LogP contribution in [-0.2, 0) is 11.3 Å². The number of hydrogen-bond donors (Lipinski definition) is 1. The van der Waals surface area contributed by atoms with Crippen LogP contribution in [0.4, 0.5) is 5.82 Å². The molecule has 1 N–H and O–H groups in total. The molecular weight excluding hydrogens is 549 g/mol. The molecule has 0 bridgehead atoms. The second kappa shape index (κ2) is 11.5. The Bertz CT molecular complexity index is 1350. The molecule has 1 aromatic carbocycles. The summed E-state index contributed by atoms with van der Waals surface area (Å²) < 4.78 is 6.23. The highest BCUT2D eigenvalue weighted by Crippen LogP contribution is 2.52. The van der Waals surface area contributed by atoms with Crippen LogP contribution in [0.1, 0.15) is 18.4 Å². The number of likely N-dealkylation sites (N-methyl/N-ethyl adjacent to an activating group) is 1. The molecule has 40 heavy (non-hydrogen) atoms. The van der Waals surface area contributed by atoms with Crippen LogP contribution in [0.5, 0.6) is 11.6 Å². The van der Waals surface area contributed by atoms with Crippen molar-refractivity contribution in [1.82, 2.24) is 19.8 Å². The smallest absolute Gasteiger partial charge is 0.307 e. The third kappa shape index (κ3) is 6.20. The number of anilines is 1. The number of fused-ring (bicyclic) bond motifs is 1. The van der Waals surface area contributed by atoms with E-state index in [1.54, 1.807) is 12.3 Å². The maximum absolute atomic E-state index is 11.5. The van der Waals surface area contributed by atoms with Crippen molar-refractivity contribution < 1.29 is 14.6 Å². The Morgan fingerprint density at radius 3 is 2.30 bits per heavy atom. The lowest BCUT2D eigenvalue weighted by Gasteiger charge is -2.33. The van der Waals surface area contributed by atoms with E-state index in [4.69, 9.17) is 32.9 Å². The minimum Gasteiger partial charge on any atom is -0.481 e. The molecule has 2 saturated heterocycles. The Hall–Kier alpha value is -2.91. The number of carboxylic acids is 1. The highest BCUT2D eigenvalue weighted by Gasteiger charge is 2.54. The van der Waals surface area contributed by atoms with Gasteiger partial charge < -0.3 is 19.6 Å². The van der Waals surface area contributed by atoms with Crippen LogP contribution in [-0.4, -0.2) is 77.2 Å². The van der Waals surface area contributed by atoms with Gasteiger partial charge in [0.25, 0.3) is 0 Å². The first-order chi connectivity index (χ1) is 19.3. The molecular formula is C30H33Cl2N5O3. The molecule has 10 heteroatoms. The van der Waals surface area contributed by atoms with Crippen molar-refractivity contribution in [3.8, 4) is 22.9 Å². The lowest BCUT2D eigenvalue weighted by atomic mass is 10.1. The van der Waals surface area contributed by atoms with Crippen molar-refractivity contribution >= 4 is 35.0 Å². The highest BCUT2D eigenvalue weighted by molar-refractivity contribution is 6.35. The van der Waals surface area contributed by atoms with Crippen LogP contribution in [0, 0.1) is 17.8 Å². The molecule has 0 unspecified atom stereocenters. The number of aliphatic carboxylic acids is 1. The predicted octanol–water partition coefficient (Wildman–Crippen LogP) is 5.54. The fraction of sp³-hybridized carbons (Fsp3) is 0.433. The predicted molar refractivity (Wildman–Crippen MR) is 156 cm³/mol. The minimum absolute atomic E-state index is 0.154. The summed E-state index contributed by atoms with van der Waals surface area (Å²) in [6.07, 6.45) is 3.58. The average Bonchev–Trinajstić information content (AvgIpc) is 3.66. The Morgan fingerprint density at radius 2 is 1.68 bits per heavy atom. The molecule has 0 amide bonds. The lowest BCUT2D eigenvalue weighted by Crippen LogP contribution is -2.44. The fourth-order valence-electron chi connectivity index (χ4n) is 6.12. The number of benzene rings is 1. The summed E-state index contributed by atoms with van der Waals surface area (Å²) in [6, 6.07) is 13.3. The maximum Gasteiger partial charge on any atom is 0.307 e. The fourth-order valence-corrected chi connectivity index (χ4v) is 6.64. The molecule has 3 atom stereocenters. The van der Waals surface area contributed by atoms with E-state index in [1.165, 1.54) is 0 Å². The number of piperazine rings is 1. The first kappa shape index (κ1) is 27.3. The van der Waals surface area contributed by atoms with Crippen LogP contribution >= 0.6 is 23.2 Å². The molecule has 8 nitrogen and oxygen atoms in total. The minimum atomic E-state index is -0.643. The Kier molecular flexibility index (Phi) is 7.86. The number of hydrogen-bond acceptors (Lipinski definition) is 7. The number of likely N-dealkylation sites (tertiary alicyclic amines) is 1. The van der Waals surface area contributed by atoms with Crippen LogP contribution in [0.15, 0.2) is 48.7 Å². The average molecular weight is 583 g/mol. The van der Waals surface area contributed by atoms with Gasteiger partial charge in [0.2, 0.25) is 5.88 Å². The largest absolute Gasteiger partial charge is 0.481 e. The molecule has 3 aromatic rings. The summed E-state index contributed by atoms with van der Waals surface area (Å²) in [5.41, 5.74) is 2.60. The quantitative estimate of drug-likeness (QED) is 0.389. The Labute approximate surface area is 244 Å². The lowest BCUT2D eigenvalue weighted by molar-refractivity contribution is -0.139. The number of pyridine rings is 2. The van der Waals surface area contributed by atoms with Crippen LogP contribution < -0.4 is 9.64 Å². The zero-order valence-electron chi connectivity index (χ0n) is 22.5. The van der Waals surface area contributed by atoms with E-state index in [0.29, 0.717) is 33.5 Å². The van der Waals surface area contributed by atoms with Crippen molar-refractivity contribution in [3.05, 3.63) is 64.3 Å². The monoisotopic (exact) mass is 581 g/mol. The molecule has 3 aliphatic rings. The summed E-state index contributed by atoms with van der Waals surface area (Å²) in [5, 5.41) is 10.5. The first-order valence-electron chi connectivity index (χ1n) is 13.8. The zero-order valence-corrected chi connectivity index (χ0v) is 24.0. The molecule has 0 radical (unpaired) electrons. The number of halogens is 2. The number of carbonyl (C=O) groups is 1. The van der Waals surface area contributed by atoms with Gasteiger partial charge in [-0.15, -0.1) is 0 Å². The molecule has 2 aromatic heterocycles. The van der Waals surface area contributed by atoms with Gasteiger partial charge >= 0.3 is 5.97 Å². The summed E-state index contributed by atoms with van der Waals surface area (Å²) in [4.78, 5) is 27.9. The highest BCUT2D eigenvalue weighted by atomic mass is 35.5. The van der Waals surface area contributed by atoms with Crippen molar-refractivity contribution in [1.29, 1.82) is 0 Å². The maximum atomic E-state index is 11.5. The van der Waals surface area contributed by atoms with E-state index in [1.807, 2.05) is 30.3 Å². The van der Waals surface area contributed by atoms with Gasteiger partial charge in [-0.25, -0.2) is 9.97 Å². The van der Waals surface area contributed by atoms with Crippen LogP contribution in [0.3, 0.4) is 0 Å². The summed E-state index contributed by atoms with van der Waals surface area (Å²) in [7, 11) is 2.14. The molecule has 0 spiro atoms. The van der Waals surface area contributed by atoms with Gasteiger partial charge in [0, 0.05) is 54.4 Å². The number of ether oxygens (including phenoxy) is 1. The molecule has 6 rings (SSSR count). The first-order valence-corrected chi connectivity index (χ1v) is 14.6. The number of rotatable bonds is 7. The van der Waals surface area contributed by atoms with Crippen molar-refractivity contribution in [3.63, 3.8) is 0 Å². The third-order valence-electron chi connectivity index (χ3n) is 8.37. The number of nitrogens with zero attached hydrogens (tertiary/aromatic N) is 5. The van der Waals surface area contributed by atoms with Crippen LogP contribution in [0.2, 0.25) is 10.0 Å². The van der Waals surface area contributed by atoms with Gasteiger partial charge in [-0.2, -0.15) is 0 Å². The number of aromatic nitrogens is 2.